The molecule has 2 aliphatic heterocycles. The minimum Gasteiger partial charge on any atom is -0.355 e. The highest BCUT2D eigenvalue weighted by molar-refractivity contribution is 5.89. The molecular formula is C16H27N3O2. The lowest BCUT2D eigenvalue weighted by atomic mass is 10.0. The lowest BCUT2D eigenvalue weighted by molar-refractivity contribution is -0.129. The maximum absolute atomic E-state index is 12.2. The third kappa shape index (κ3) is 3.57. The molecule has 5 heteroatoms. The van der Waals surface area contributed by atoms with E-state index in [1.54, 1.807) is 0 Å². The van der Waals surface area contributed by atoms with E-state index in [9.17, 15) is 9.59 Å². The Morgan fingerprint density at radius 3 is 2.81 bits per heavy atom. The van der Waals surface area contributed by atoms with Crippen molar-refractivity contribution in [3.05, 3.63) is 0 Å². The second kappa shape index (κ2) is 6.34. The normalized spacial score (nSPS) is 30.7. The summed E-state index contributed by atoms with van der Waals surface area (Å²) in [5.74, 6) is 0.107. The van der Waals surface area contributed by atoms with Crippen LogP contribution in [0.4, 0.5) is 0 Å². The number of carbonyl (C=O) groups excluding carboxylic acids is 2. The third-order valence-electron chi connectivity index (χ3n) is 5.16. The molecular weight excluding hydrogens is 266 g/mol. The molecule has 1 saturated carbocycles. The van der Waals surface area contributed by atoms with Crippen LogP contribution in [0.25, 0.3) is 0 Å². The Balaban J connectivity index is 1.39. The molecule has 2 heterocycles. The van der Waals surface area contributed by atoms with Crippen molar-refractivity contribution >= 4 is 11.8 Å². The Hall–Kier alpha value is -1.10. The highest BCUT2D eigenvalue weighted by Crippen LogP contribution is 2.32. The summed E-state index contributed by atoms with van der Waals surface area (Å²) < 4.78 is 0. The van der Waals surface area contributed by atoms with E-state index in [2.05, 4.69) is 17.1 Å². The molecule has 0 spiro atoms. The first kappa shape index (κ1) is 14.8. The van der Waals surface area contributed by atoms with Crippen LogP contribution >= 0.6 is 0 Å². The standard InChI is InChI=1S/C16H27N3O2/c1-12-4-2-3-8-18(12)9-7-17-16(21)13-10-15(20)19(11-13)14-5-6-14/h12-14H,2-11H2,1H3,(H,17,21)/t12-,13+/m1/s1. The molecule has 3 aliphatic rings. The molecule has 118 valence electrons. The average molecular weight is 293 g/mol. The van der Waals surface area contributed by atoms with Crippen LogP contribution in [0.2, 0.25) is 0 Å². The fraction of sp³-hybridized carbons (Fsp3) is 0.875. The van der Waals surface area contributed by atoms with Crippen molar-refractivity contribution in [2.75, 3.05) is 26.2 Å². The van der Waals surface area contributed by atoms with Gasteiger partial charge in [-0.25, -0.2) is 0 Å². The monoisotopic (exact) mass is 293 g/mol. The van der Waals surface area contributed by atoms with E-state index < -0.39 is 0 Å². The summed E-state index contributed by atoms with van der Waals surface area (Å²) in [6.45, 7) is 5.69. The van der Waals surface area contributed by atoms with Crippen LogP contribution in [0.5, 0.6) is 0 Å². The Morgan fingerprint density at radius 2 is 2.10 bits per heavy atom. The molecule has 0 aromatic rings. The summed E-state index contributed by atoms with van der Waals surface area (Å²) in [6.07, 6.45) is 6.50. The van der Waals surface area contributed by atoms with Gasteiger partial charge in [0, 0.05) is 38.1 Å². The number of hydrogen-bond donors (Lipinski definition) is 1. The predicted molar refractivity (Wildman–Crippen MR) is 80.7 cm³/mol. The first-order chi connectivity index (χ1) is 10.1. The number of nitrogens with one attached hydrogen (secondary N) is 1. The van der Waals surface area contributed by atoms with Crippen LogP contribution in [0, 0.1) is 5.92 Å². The maximum atomic E-state index is 12.2. The summed E-state index contributed by atoms with van der Waals surface area (Å²) in [5, 5.41) is 3.03. The zero-order chi connectivity index (χ0) is 14.8. The van der Waals surface area contributed by atoms with Gasteiger partial charge < -0.3 is 10.2 Å². The largest absolute Gasteiger partial charge is 0.355 e. The van der Waals surface area contributed by atoms with Gasteiger partial charge in [0.05, 0.1) is 5.92 Å². The summed E-state index contributed by atoms with van der Waals surface area (Å²) >= 11 is 0. The van der Waals surface area contributed by atoms with Crippen molar-refractivity contribution in [2.45, 2.75) is 57.5 Å². The first-order valence-electron chi connectivity index (χ1n) is 8.46. The Bertz CT molecular complexity index is 408. The highest BCUT2D eigenvalue weighted by atomic mass is 16.2. The van der Waals surface area contributed by atoms with Crippen LogP contribution in [0.1, 0.15) is 45.4 Å². The Labute approximate surface area is 127 Å². The molecule has 21 heavy (non-hydrogen) atoms. The molecule has 0 unspecified atom stereocenters. The van der Waals surface area contributed by atoms with E-state index in [4.69, 9.17) is 0 Å². The van der Waals surface area contributed by atoms with Gasteiger partial charge >= 0.3 is 0 Å². The van der Waals surface area contributed by atoms with Crippen LogP contribution in [-0.4, -0.2) is 59.9 Å². The quantitative estimate of drug-likeness (QED) is 0.822. The van der Waals surface area contributed by atoms with E-state index in [0.717, 1.165) is 25.9 Å². The molecule has 0 radical (unpaired) electrons. The minimum absolute atomic E-state index is 0.0659. The number of piperidine rings is 1. The van der Waals surface area contributed by atoms with Gasteiger partial charge in [0.1, 0.15) is 0 Å². The number of likely N-dealkylation sites (tertiary alicyclic amines) is 2. The fourth-order valence-corrected chi connectivity index (χ4v) is 3.60. The summed E-state index contributed by atoms with van der Waals surface area (Å²) in [6, 6.07) is 1.07. The van der Waals surface area contributed by atoms with Gasteiger partial charge in [0.25, 0.3) is 0 Å². The van der Waals surface area contributed by atoms with Crippen molar-refractivity contribution in [2.24, 2.45) is 5.92 Å². The van der Waals surface area contributed by atoms with Crippen LogP contribution in [0.15, 0.2) is 0 Å². The summed E-state index contributed by atoms with van der Waals surface area (Å²) in [4.78, 5) is 28.4. The molecule has 2 amide bonds. The van der Waals surface area contributed by atoms with Crippen LogP contribution in [-0.2, 0) is 9.59 Å². The van der Waals surface area contributed by atoms with Crippen molar-refractivity contribution in [1.82, 2.24) is 15.1 Å². The molecule has 5 nitrogen and oxygen atoms in total. The molecule has 3 fully saturated rings. The second-order valence-corrected chi connectivity index (χ2v) is 6.85. The predicted octanol–water partition coefficient (Wildman–Crippen LogP) is 0.988. The highest BCUT2D eigenvalue weighted by Gasteiger charge is 2.41. The molecule has 1 aliphatic carbocycles. The molecule has 0 aromatic heterocycles. The first-order valence-corrected chi connectivity index (χ1v) is 8.46. The molecule has 2 saturated heterocycles. The number of rotatable bonds is 5. The van der Waals surface area contributed by atoms with Gasteiger partial charge in [0.15, 0.2) is 0 Å². The van der Waals surface area contributed by atoms with Gasteiger partial charge in [-0.2, -0.15) is 0 Å². The lowest BCUT2D eigenvalue weighted by Crippen LogP contribution is -2.43. The van der Waals surface area contributed by atoms with Crippen molar-refractivity contribution in [3.8, 4) is 0 Å². The van der Waals surface area contributed by atoms with Gasteiger partial charge in [0.2, 0.25) is 11.8 Å². The molecule has 3 rings (SSSR count). The number of carbonyl (C=O) groups is 2. The Morgan fingerprint density at radius 1 is 1.29 bits per heavy atom. The molecule has 0 aromatic carbocycles. The van der Waals surface area contributed by atoms with Gasteiger partial charge in [-0.05, 0) is 39.2 Å². The average Bonchev–Trinajstić information content (AvgIpc) is 3.23. The third-order valence-corrected chi connectivity index (χ3v) is 5.16. The second-order valence-electron chi connectivity index (χ2n) is 6.85. The zero-order valence-electron chi connectivity index (χ0n) is 13.0. The SMILES string of the molecule is C[C@@H]1CCCCN1CCNC(=O)[C@H]1CC(=O)N(C2CC2)C1. The fourth-order valence-electron chi connectivity index (χ4n) is 3.60. The van der Waals surface area contributed by atoms with E-state index in [0.29, 0.717) is 31.6 Å². The van der Waals surface area contributed by atoms with E-state index in [-0.39, 0.29) is 17.7 Å². The van der Waals surface area contributed by atoms with Crippen LogP contribution in [0.3, 0.4) is 0 Å². The number of amides is 2. The Kier molecular flexibility index (Phi) is 4.48. The zero-order valence-corrected chi connectivity index (χ0v) is 13.0. The van der Waals surface area contributed by atoms with Crippen molar-refractivity contribution in [3.63, 3.8) is 0 Å². The van der Waals surface area contributed by atoms with E-state index in [1.807, 2.05) is 4.90 Å². The van der Waals surface area contributed by atoms with Crippen LogP contribution < -0.4 is 5.32 Å². The minimum atomic E-state index is -0.128. The maximum Gasteiger partial charge on any atom is 0.225 e. The van der Waals surface area contributed by atoms with E-state index in [1.165, 1.54) is 19.3 Å². The topological polar surface area (TPSA) is 52.7 Å². The molecule has 1 N–H and O–H groups in total. The van der Waals surface area contributed by atoms with Gasteiger partial charge in [-0.3, -0.25) is 14.5 Å². The van der Waals surface area contributed by atoms with Gasteiger partial charge in [-0.15, -0.1) is 0 Å². The summed E-state index contributed by atoms with van der Waals surface area (Å²) in [7, 11) is 0. The van der Waals surface area contributed by atoms with Crippen molar-refractivity contribution < 1.29 is 9.59 Å². The summed E-state index contributed by atoms with van der Waals surface area (Å²) in [5.41, 5.74) is 0. The number of nitrogens with zero attached hydrogens (tertiary/aromatic N) is 2. The number of hydrogen-bond acceptors (Lipinski definition) is 3. The molecule has 0 bridgehead atoms. The molecule has 2 atom stereocenters. The van der Waals surface area contributed by atoms with Gasteiger partial charge in [-0.1, -0.05) is 6.42 Å². The smallest absolute Gasteiger partial charge is 0.225 e. The van der Waals surface area contributed by atoms with E-state index >= 15 is 0 Å². The van der Waals surface area contributed by atoms with Crippen molar-refractivity contribution in [1.29, 1.82) is 0 Å². The lowest BCUT2D eigenvalue weighted by Gasteiger charge is -2.33.